The van der Waals surface area contributed by atoms with E-state index in [4.69, 9.17) is 22.4 Å². The number of fused-ring (bicyclic) bond motifs is 1. The lowest BCUT2D eigenvalue weighted by molar-refractivity contribution is -0.0398. The monoisotopic (exact) mass is 466 g/mol. The summed E-state index contributed by atoms with van der Waals surface area (Å²) in [7, 11) is -3.48. The van der Waals surface area contributed by atoms with E-state index in [1.54, 1.807) is 7.11 Å². The van der Waals surface area contributed by atoms with Gasteiger partial charge in [0.1, 0.15) is 24.4 Å². The van der Waals surface area contributed by atoms with Crippen molar-refractivity contribution >= 4 is 17.1 Å². The van der Waals surface area contributed by atoms with Crippen molar-refractivity contribution in [1.82, 2.24) is 0 Å². The third-order valence-electron chi connectivity index (χ3n) is 7.04. The molecule has 1 aromatic carbocycles. The Morgan fingerprint density at radius 2 is 1.39 bits per heavy atom. The number of hydrogen-bond acceptors (Lipinski definition) is 5. The molecule has 7 heteroatoms. The summed E-state index contributed by atoms with van der Waals surface area (Å²) in [4.78, 5) is 0. The smallest absolute Gasteiger partial charge is 0.335 e. The Bertz CT molecular complexity index is 693. The van der Waals surface area contributed by atoms with Crippen LogP contribution in [0, 0.1) is 0 Å². The summed E-state index contributed by atoms with van der Waals surface area (Å²) < 4.78 is 33.9. The first-order valence-corrected chi connectivity index (χ1v) is 15.8. The second-order valence-electron chi connectivity index (χ2n) is 10.3. The lowest BCUT2D eigenvalue weighted by Crippen LogP contribution is -2.65. The van der Waals surface area contributed by atoms with E-state index in [9.17, 15) is 0 Å². The summed E-state index contributed by atoms with van der Waals surface area (Å²) in [6, 6.07) is 10.3. The molecule has 0 unspecified atom stereocenters. The highest BCUT2D eigenvalue weighted by Gasteiger charge is 2.61. The number of rotatable bonds is 6. The summed E-state index contributed by atoms with van der Waals surface area (Å²) in [5, 5.41) is 0. The van der Waals surface area contributed by atoms with Gasteiger partial charge in [0, 0.05) is 7.11 Å². The van der Waals surface area contributed by atoms with Crippen LogP contribution in [0.1, 0.15) is 67.1 Å². The third kappa shape index (κ3) is 4.47. The van der Waals surface area contributed by atoms with E-state index in [0.29, 0.717) is 17.7 Å². The van der Waals surface area contributed by atoms with E-state index in [2.05, 4.69) is 67.5 Å². The van der Waals surface area contributed by atoms with Gasteiger partial charge in [0.15, 0.2) is 0 Å². The zero-order chi connectivity index (χ0) is 23.0. The molecule has 4 atom stereocenters. The van der Waals surface area contributed by atoms with Crippen molar-refractivity contribution in [2.75, 3.05) is 13.7 Å². The summed E-state index contributed by atoms with van der Waals surface area (Å²) in [6.45, 7) is 18.4. The van der Waals surface area contributed by atoms with Gasteiger partial charge in [-0.25, -0.2) is 0 Å². The standard InChI is InChI=1S/C24H42O5Si2/c1-16(2)30(17(3)4)26-15-21-23(28-31(29-30,18(5)6)19(7)8)24(25-9)22(27-21)20-13-11-10-12-14-20/h10-14,16-19,21-24H,15H2,1-9H3/t21-,22+,23-,24+/m0/s1. The first kappa shape index (κ1) is 25.1. The SMILES string of the molecule is CO[C@H]1[C@H]2O[Si](C(C)C)(C(C)C)O[Si](C(C)C)(C(C)C)OC[C@@H]2O[C@@H]1c1ccccc1. The Morgan fingerprint density at radius 1 is 0.839 bits per heavy atom. The zero-order valence-corrected chi connectivity index (χ0v) is 22.8. The van der Waals surface area contributed by atoms with Gasteiger partial charge in [-0.05, 0) is 27.7 Å². The maximum absolute atomic E-state index is 7.28. The molecule has 2 aliphatic heterocycles. The molecule has 0 bridgehead atoms. The van der Waals surface area contributed by atoms with Crippen LogP contribution in [-0.4, -0.2) is 49.2 Å². The van der Waals surface area contributed by atoms with Crippen LogP contribution in [0.2, 0.25) is 22.2 Å². The van der Waals surface area contributed by atoms with Crippen molar-refractivity contribution in [2.24, 2.45) is 0 Å². The number of ether oxygens (including phenoxy) is 2. The third-order valence-corrected chi connectivity index (χ3v) is 17.3. The lowest BCUT2D eigenvalue weighted by atomic mass is 10.0. The molecular weight excluding hydrogens is 424 g/mol. The molecule has 0 saturated carbocycles. The maximum Gasteiger partial charge on any atom is 0.335 e. The molecule has 0 aromatic heterocycles. The van der Waals surface area contributed by atoms with Crippen molar-refractivity contribution in [3.05, 3.63) is 35.9 Å². The van der Waals surface area contributed by atoms with E-state index in [1.165, 1.54) is 0 Å². The molecule has 0 aliphatic carbocycles. The van der Waals surface area contributed by atoms with Gasteiger partial charge in [-0.15, -0.1) is 0 Å². The molecular formula is C24H42O5Si2. The predicted octanol–water partition coefficient (Wildman–Crippen LogP) is 6.10. The number of benzene rings is 1. The van der Waals surface area contributed by atoms with Crippen LogP contribution in [0.5, 0.6) is 0 Å². The highest BCUT2D eigenvalue weighted by Crippen LogP contribution is 2.49. The summed E-state index contributed by atoms with van der Waals surface area (Å²) in [5.41, 5.74) is 2.33. The van der Waals surface area contributed by atoms with Gasteiger partial charge in [-0.3, -0.25) is 0 Å². The molecule has 3 rings (SSSR count). The molecule has 2 fully saturated rings. The minimum absolute atomic E-state index is 0.173. The first-order valence-electron chi connectivity index (χ1n) is 11.8. The molecule has 0 radical (unpaired) electrons. The summed E-state index contributed by atoms with van der Waals surface area (Å²) >= 11 is 0. The number of methoxy groups -OCH3 is 1. The van der Waals surface area contributed by atoms with E-state index in [0.717, 1.165) is 5.56 Å². The van der Waals surface area contributed by atoms with Gasteiger partial charge in [-0.1, -0.05) is 85.7 Å². The van der Waals surface area contributed by atoms with Crippen molar-refractivity contribution in [3.8, 4) is 0 Å². The highest BCUT2D eigenvalue weighted by molar-refractivity contribution is 6.83. The molecule has 2 heterocycles. The summed E-state index contributed by atoms with van der Waals surface area (Å²) in [5.74, 6) is 0. The lowest BCUT2D eigenvalue weighted by Gasteiger charge is -2.51. The Hall–Kier alpha value is -0.546. The predicted molar refractivity (Wildman–Crippen MR) is 129 cm³/mol. The fourth-order valence-electron chi connectivity index (χ4n) is 5.31. The average Bonchev–Trinajstić information content (AvgIpc) is 3.04. The Kier molecular flexibility index (Phi) is 7.89. The Balaban J connectivity index is 2.07. The molecule has 0 amide bonds. The molecule has 31 heavy (non-hydrogen) atoms. The van der Waals surface area contributed by atoms with Crippen LogP contribution in [0.3, 0.4) is 0 Å². The van der Waals surface area contributed by atoms with Gasteiger partial charge in [0.25, 0.3) is 0 Å². The maximum atomic E-state index is 7.28. The molecule has 0 N–H and O–H groups in total. The van der Waals surface area contributed by atoms with Crippen LogP contribution >= 0.6 is 0 Å². The minimum atomic E-state index is -2.68. The molecule has 5 nitrogen and oxygen atoms in total. The average molecular weight is 467 g/mol. The van der Waals surface area contributed by atoms with Crippen LogP contribution in [0.15, 0.2) is 30.3 Å². The first-order chi connectivity index (χ1) is 14.6. The topological polar surface area (TPSA) is 46.2 Å². The molecule has 2 saturated heterocycles. The van der Waals surface area contributed by atoms with Crippen molar-refractivity contribution < 1.29 is 22.4 Å². The molecule has 2 aliphatic rings. The van der Waals surface area contributed by atoms with Gasteiger partial charge in [0.2, 0.25) is 0 Å². The highest BCUT2D eigenvalue weighted by atomic mass is 28.5. The normalized spacial score (nSPS) is 30.6. The van der Waals surface area contributed by atoms with Crippen molar-refractivity contribution in [2.45, 2.75) is 102 Å². The fourth-order valence-corrected chi connectivity index (χ4v) is 16.5. The van der Waals surface area contributed by atoms with E-state index < -0.39 is 17.1 Å². The van der Waals surface area contributed by atoms with Gasteiger partial charge in [0.05, 0.1) is 6.61 Å². The number of hydrogen-bond donors (Lipinski definition) is 0. The zero-order valence-electron chi connectivity index (χ0n) is 20.8. The second-order valence-corrected chi connectivity index (χ2v) is 19.1. The van der Waals surface area contributed by atoms with Gasteiger partial charge >= 0.3 is 17.1 Å². The minimum Gasteiger partial charge on any atom is -0.414 e. The fraction of sp³-hybridized carbons (Fsp3) is 0.750. The van der Waals surface area contributed by atoms with Crippen LogP contribution < -0.4 is 0 Å². The van der Waals surface area contributed by atoms with Gasteiger partial charge in [-0.2, -0.15) is 0 Å². The quantitative estimate of drug-likeness (QED) is 0.474. The van der Waals surface area contributed by atoms with Crippen molar-refractivity contribution in [1.29, 1.82) is 0 Å². The Labute approximate surface area is 191 Å². The van der Waals surface area contributed by atoms with Crippen molar-refractivity contribution in [3.63, 3.8) is 0 Å². The van der Waals surface area contributed by atoms with Crippen LogP contribution in [-0.2, 0) is 22.4 Å². The second kappa shape index (κ2) is 9.75. The van der Waals surface area contributed by atoms with E-state index >= 15 is 0 Å². The van der Waals surface area contributed by atoms with Crippen LogP contribution in [0.25, 0.3) is 0 Å². The molecule has 176 valence electrons. The van der Waals surface area contributed by atoms with E-state index in [1.807, 2.05) is 18.2 Å². The molecule has 0 spiro atoms. The largest absolute Gasteiger partial charge is 0.414 e. The van der Waals surface area contributed by atoms with Gasteiger partial charge < -0.3 is 22.4 Å². The van der Waals surface area contributed by atoms with E-state index in [-0.39, 0.29) is 35.5 Å². The summed E-state index contributed by atoms with van der Waals surface area (Å²) in [6.07, 6.45) is -0.759. The Morgan fingerprint density at radius 3 is 1.87 bits per heavy atom. The molecule has 1 aromatic rings. The van der Waals surface area contributed by atoms with Crippen LogP contribution in [0.4, 0.5) is 0 Å².